The minimum absolute atomic E-state index is 0.248. The third-order valence-electron chi connectivity index (χ3n) is 2.96. The van der Waals surface area contributed by atoms with Crippen molar-refractivity contribution in [2.45, 2.75) is 39.7 Å². The van der Waals surface area contributed by atoms with Gasteiger partial charge in [0.05, 0.1) is 0 Å². The van der Waals surface area contributed by atoms with Crippen molar-refractivity contribution in [3.63, 3.8) is 0 Å². The summed E-state index contributed by atoms with van der Waals surface area (Å²) in [5.74, 6) is -0.0366. The standard InChI is InChI=1S/C14H22N2O/c1-4-6-11(3)13(14(15)17)16-12-8-5-7-10(2)9-12/h5,7-9,11,13,16H,4,6H2,1-3H3,(H2,15,17). The van der Waals surface area contributed by atoms with Crippen LogP contribution in [0.4, 0.5) is 5.69 Å². The number of nitrogens with two attached hydrogens (primary N) is 1. The Morgan fingerprint density at radius 2 is 2.18 bits per heavy atom. The highest BCUT2D eigenvalue weighted by Crippen LogP contribution is 2.17. The predicted molar refractivity (Wildman–Crippen MR) is 71.9 cm³/mol. The van der Waals surface area contributed by atoms with Gasteiger partial charge >= 0.3 is 0 Å². The van der Waals surface area contributed by atoms with Gasteiger partial charge in [-0.15, -0.1) is 0 Å². The van der Waals surface area contributed by atoms with E-state index in [0.29, 0.717) is 0 Å². The molecule has 0 aliphatic carbocycles. The largest absolute Gasteiger partial charge is 0.373 e. The van der Waals surface area contributed by atoms with E-state index in [4.69, 9.17) is 5.73 Å². The van der Waals surface area contributed by atoms with E-state index in [-0.39, 0.29) is 17.9 Å². The van der Waals surface area contributed by atoms with Crippen molar-refractivity contribution < 1.29 is 4.79 Å². The molecule has 0 heterocycles. The number of carbonyl (C=O) groups excluding carboxylic acids is 1. The summed E-state index contributed by atoms with van der Waals surface area (Å²) in [7, 11) is 0. The Bertz CT molecular complexity index is 376. The second kappa shape index (κ2) is 6.28. The fourth-order valence-corrected chi connectivity index (χ4v) is 2.03. The van der Waals surface area contributed by atoms with Crippen molar-refractivity contribution in [3.05, 3.63) is 29.8 Å². The maximum atomic E-state index is 11.5. The minimum Gasteiger partial charge on any atom is -0.373 e. The smallest absolute Gasteiger partial charge is 0.240 e. The summed E-state index contributed by atoms with van der Waals surface area (Å²) >= 11 is 0. The Kier molecular flexibility index (Phi) is 5.01. The van der Waals surface area contributed by atoms with E-state index in [1.165, 1.54) is 5.56 Å². The van der Waals surface area contributed by atoms with Crippen LogP contribution >= 0.6 is 0 Å². The number of hydrogen-bond donors (Lipinski definition) is 2. The van der Waals surface area contributed by atoms with Crippen LogP contribution in [0.2, 0.25) is 0 Å². The molecule has 0 aliphatic rings. The Labute approximate surface area is 103 Å². The maximum Gasteiger partial charge on any atom is 0.240 e. The zero-order valence-corrected chi connectivity index (χ0v) is 10.9. The highest BCUT2D eigenvalue weighted by molar-refractivity contribution is 5.83. The summed E-state index contributed by atoms with van der Waals surface area (Å²) in [5, 5.41) is 3.23. The quantitative estimate of drug-likeness (QED) is 0.795. The number of amides is 1. The molecule has 3 N–H and O–H groups in total. The van der Waals surface area contributed by atoms with Crippen molar-refractivity contribution in [1.29, 1.82) is 0 Å². The molecule has 2 atom stereocenters. The van der Waals surface area contributed by atoms with E-state index in [2.05, 4.69) is 19.2 Å². The van der Waals surface area contributed by atoms with Gasteiger partial charge in [-0.3, -0.25) is 4.79 Å². The molecule has 1 aromatic carbocycles. The summed E-state index contributed by atoms with van der Waals surface area (Å²) in [4.78, 5) is 11.5. The average molecular weight is 234 g/mol. The first-order valence-electron chi connectivity index (χ1n) is 6.17. The van der Waals surface area contributed by atoms with Gasteiger partial charge in [0.25, 0.3) is 0 Å². The SMILES string of the molecule is CCCC(C)C(Nc1cccc(C)c1)C(N)=O. The van der Waals surface area contributed by atoms with Crippen LogP contribution in [0.25, 0.3) is 0 Å². The van der Waals surface area contributed by atoms with Crippen molar-refractivity contribution in [2.24, 2.45) is 11.7 Å². The van der Waals surface area contributed by atoms with Crippen molar-refractivity contribution in [2.75, 3.05) is 5.32 Å². The molecule has 0 bridgehead atoms. The molecule has 17 heavy (non-hydrogen) atoms. The number of carbonyl (C=O) groups is 1. The molecule has 1 amide bonds. The molecular formula is C14H22N2O. The van der Waals surface area contributed by atoms with Crippen LogP contribution in [0.15, 0.2) is 24.3 Å². The van der Waals surface area contributed by atoms with Gasteiger partial charge in [0.2, 0.25) is 5.91 Å². The highest BCUT2D eigenvalue weighted by atomic mass is 16.1. The summed E-state index contributed by atoms with van der Waals surface area (Å²) in [6.45, 7) is 6.20. The normalized spacial score (nSPS) is 14.1. The number of anilines is 1. The van der Waals surface area contributed by atoms with E-state index in [1.54, 1.807) is 0 Å². The summed E-state index contributed by atoms with van der Waals surface area (Å²) in [5.41, 5.74) is 7.58. The van der Waals surface area contributed by atoms with E-state index in [9.17, 15) is 4.79 Å². The molecule has 1 rings (SSSR count). The van der Waals surface area contributed by atoms with E-state index in [1.807, 2.05) is 31.2 Å². The minimum atomic E-state index is -0.295. The summed E-state index contributed by atoms with van der Waals surface area (Å²) in [6.07, 6.45) is 2.05. The Hall–Kier alpha value is -1.51. The molecule has 0 aromatic heterocycles. The molecule has 0 spiro atoms. The monoisotopic (exact) mass is 234 g/mol. The second-order valence-electron chi connectivity index (χ2n) is 4.66. The molecule has 3 heteroatoms. The van der Waals surface area contributed by atoms with Gasteiger partial charge in [0, 0.05) is 5.69 Å². The molecule has 0 saturated carbocycles. The van der Waals surface area contributed by atoms with Crippen LogP contribution in [0.1, 0.15) is 32.3 Å². The summed E-state index contributed by atoms with van der Waals surface area (Å²) in [6, 6.07) is 7.69. The third-order valence-corrected chi connectivity index (χ3v) is 2.96. The molecule has 1 aromatic rings. The zero-order chi connectivity index (χ0) is 12.8. The van der Waals surface area contributed by atoms with Gasteiger partial charge in [-0.1, -0.05) is 32.4 Å². The van der Waals surface area contributed by atoms with E-state index in [0.717, 1.165) is 18.5 Å². The highest BCUT2D eigenvalue weighted by Gasteiger charge is 2.21. The number of hydrogen-bond acceptors (Lipinski definition) is 2. The molecule has 0 saturated heterocycles. The van der Waals surface area contributed by atoms with Crippen LogP contribution in [0, 0.1) is 12.8 Å². The van der Waals surface area contributed by atoms with Crippen LogP contribution in [0.5, 0.6) is 0 Å². The van der Waals surface area contributed by atoms with Crippen molar-refractivity contribution in [1.82, 2.24) is 0 Å². The van der Waals surface area contributed by atoms with Gasteiger partial charge in [0.15, 0.2) is 0 Å². The maximum absolute atomic E-state index is 11.5. The molecule has 0 fully saturated rings. The zero-order valence-electron chi connectivity index (χ0n) is 10.9. The first kappa shape index (κ1) is 13.6. The van der Waals surface area contributed by atoms with Crippen LogP contribution in [0.3, 0.4) is 0 Å². The van der Waals surface area contributed by atoms with Gasteiger partial charge < -0.3 is 11.1 Å². The average Bonchev–Trinajstić information content (AvgIpc) is 2.26. The third kappa shape index (κ3) is 4.10. The van der Waals surface area contributed by atoms with E-state index < -0.39 is 0 Å². The van der Waals surface area contributed by atoms with Crippen LogP contribution < -0.4 is 11.1 Å². The second-order valence-corrected chi connectivity index (χ2v) is 4.66. The van der Waals surface area contributed by atoms with Crippen LogP contribution in [-0.2, 0) is 4.79 Å². The predicted octanol–water partition coefficient (Wildman–Crippen LogP) is 2.70. The van der Waals surface area contributed by atoms with Gasteiger partial charge in [-0.05, 0) is 37.0 Å². The lowest BCUT2D eigenvalue weighted by Crippen LogP contribution is -2.40. The lowest BCUT2D eigenvalue weighted by molar-refractivity contribution is -0.119. The van der Waals surface area contributed by atoms with Crippen molar-refractivity contribution >= 4 is 11.6 Å². The first-order chi connectivity index (χ1) is 8.04. The van der Waals surface area contributed by atoms with E-state index >= 15 is 0 Å². The lowest BCUT2D eigenvalue weighted by atomic mass is 9.96. The molecular weight excluding hydrogens is 212 g/mol. The lowest BCUT2D eigenvalue weighted by Gasteiger charge is -2.23. The van der Waals surface area contributed by atoms with Gasteiger partial charge in [-0.25, -0.2) is 0 Å². The number of primary amides is 1. The Morgan fingerprint density at radius 1 is 1.47 bits per heavy atom. The van der Waals surface area contributed by atoms with Crippen molar-refractivity contribution in [3.8, 4) is 0 Å². The van der Waals surface area contributed by atoms with Crippen LogP contribution in [-0.4, -0.2) is 11.9 Å². The van der Waals surface area contributed by atoms with Gasteiger partial charge in [-0.2, -0.15) is 0 Å². The molecule has 3 nitrogen and oxygen atoms in total. The fraction of sp³-hybridized carbons (Fsp3) is 0.500. The number of aryl methyl sites for hydroxylation is 1. The molecule has 94 valence electrons. The summed E-state index contributed by atoms with van der Waals surface area (Å²) < 4.78 is 0. The van der Waals surface area contributed by atoms with Gasteiger partial charge in [0.1, 0.15) is 6.04 Å². The number of rotatable bonds is 6. The topological polar surface area (TPSA) is 55.1 Å². The molecule has 0 radical (unpaired) electrons. The Balaban J connectivity index is 2.76. The number of nitrogens with one attached hydrogen (secondary N) is 1. The Morgan fingerprint density at radius 3 is 2.71 bits per heavy atom. The number of benzene rings is 1. The fourth-order valence-electron chi connectivity index (χ4n) is 2.03. The molecule has 0 aliphatic heterocycles. The molecule has 2 unspecified atom stereocenters. The first-order valence-corrected chi connectivity index (χ1v) is 6.17.